The minimum absolute atomic E-state index is 0.0771. The van der Waals surface area contributed by atoms with E-state index in [1.165, 1.54) is 54.5 Å². The predicted molar refractivity (Wildman–Crippen MR) is 174 cm³/mol. The van der Waals surface area contributed by atoms with Crippen molar-refractivity contribution >= 4 is 16.7 Å². The van der Waals surface area contributed by atoms with E-state index in [9.17, 15) is 14.0 Å². The quantitative estimate of drug-likeness (QED) is 0.148. The fourth-order valence-electron chi connectivity index (χ4n) is 6.00. The first-order valence-electron chi connectivity index (χ1n) is 15.5. The molecule has 1 aliphatic rings. The van der Waals surface area contributed by atoms with Crippen LogP contribution in [0.4, 0.5) is 8.78 Å². The SMILES string of the molecule is COc1cc2c(Oc3ccc(CC(=O)c4c5n(n(-c6ccc(F)cc6)c4=O)CCCC5)cc3F)ncnc2cc1OCc1ccccc1. The third-order valence-electron chi connectivity index (χ3n) is 8.32. The summed E-state index contributed by atoms with van der Waals surface area (Å²) < 4.78 is 49.7. The van der Waals surface area contributed by atoms with Crippen LogP contribution in [-0.4, -0.2) is 32.2 Å². The minimum atomic E-state index is -0.704. The van der Waals surface area contributed by atoms with Crippen molar-refractivity contribution in [1.29, 1.82) is 0 Å². The van der Waals surface area contributed by atoms with E-state index in [1.54, 1.807) is 22.9 Å². The van der Waals surface area contributed by atoms with Crippen LogP contribution < -0.4 is 19.8 Å². The Morgan fingerprint density at radius 1 is 0.875 bits per heavy atom. The molecule has 0 radical (unpaired) electrons. The summed E-state index contributed by atoms with van der Waals surface area (Å²) in [5.41, 5.74) is 2.60. The fourth-order valence-corrected chi connectivity index (χ4v) is 6.00. The number of carbonyl (C=O) groups is 1. The number of ether oxygens (including phenoxy) is 3. The van der Waals surface area contributed by atoms with E-state index >= 15 is 4.39 Å². The Kier molecular flexibility index (Phi) is 8.41. The zero-order chi connectivity index (χ0) is 33.2. The van der Waals surface area contributed by atoms with Gasteiger partial charge < -0.3 is 14.2 Å². The average Bonchev–Trinajstić information content (AvgIpc) is 3.40. The van der Waals surface area contributed by atoms with E-state index in [4.69, 9.17) is 14.2 Å². The van der Waals surface area contributed by atoms with E-state index < -0.39 is 23.0 Å². The number of nitrogens with zero attached hydrogens (tertiary/aromatic N) is 4. The Bertz CT molecular complexity index is 2200. The zero-order valence-electron chi connectivity index (χ0n) is 26.0. The molecular weight excluding hydrogens is 618 g/mol. The predicted octanol–water partition coefficient (Wildman–Crippen LogP) is 7.00. The molecule has 0 unspecified atom stereocenters. The number of rotatable bonds is 10. The first-order chi connectivity index (χ1) is 23.4. The van der Waals surface area contributed by atoms with Crippen molar-refractivity contribution in [1.82, 2.24) is 19.3 Å². The highest BCUT2D eigenvalue weighted by atomic mass is 19.1. The Balaban J connectivity index is 1.12. The molecule has 3 heterocycles. The van der Waals surface area contributed by atoms with E-state index in [0.29, 0.717) is 58.9 Å². The molecule has 0 atom stereocenters. The molecule has 0 amide bonds. The summed E-state index contributed by atoms with van der Waals surface area (Å²) in [6.45, 7) is 0.885. The van der Waals surface area contributed by atoms with Crippen molar-refractivity contribution in [2.45, 2.75) is 38.8 Å². The number of hydrogen-bond acceptors (Lipinski definition) is 7. The van der Waals surface area contributed by atoms with Gasteiger partial charge in [-0.25, -0.2) is 23.4 Å². The summed E-state index contributed by atoms with van der Waals surface area (Å²) in [6.07, 6.45) is 3.36. The number of methoxy groups -OCH3 is 1. The maximum atomic E-state index is 15.4. The monoisotopic (exact) mass is 648 g/mol. The number of Topliss-reactive ketones (excluding diaryl/α,β-unsaturated/α-hetero) is 1. The Morgan fingerprint density at radius 2 is 1.69 bits per heavy atom. The second-order valence-corrected chi connectivity index (χ2v) is 11.4. The van der Waals surface area contributed by atoms with Crippen LogP contribution in [0.2, 0.25) is 0 Å². The van der Waals surface area contributed by atoms with Crippen molar-refractivity contribution in [2.24, 2.45) is 0 Å². The Labute approximate surface area is 274 Å². The number of aromatic nitrogens is 4. The molecule has 0 aliphatic carbocycles. The number of hydrogen-bond donors (Lipinski definition) is 0. The molecule has 0 bridgehead atoms. The molecule has 4 aromatic carbocycles. The van der Waals surface area contributed by atoms with Crippen molar-refractivity contribution in [2.75, 3.05) is 7.11 Å². The van der Waals surface area contributed by atoms with E-state index in [2.05, 4.69) is 9.97 Å². The summed E-state index contributed by atoms with van der Waals surface area (Å²) in [7, 11) is 1.52. The third kappa shape index (κ3) is 6.02. The zero-order valence-corrected chi connectivity index (χ0v) is 26.0. The minimum Gasteiger partial charge on any atom is -0.493 e. The van der Waals surface area contributed by atoms with Crippen LogP contribution in [0.15, 0.2) is 96.1 Å². The molecule has 9 nitrogen and oxygen atoms in total. The molecule has 0 saturated heterocycles. The van der Waals surface area contributed by atoms with Crippen LogP contribution in [0.25, 0.3) is 16.6 Å². The van der Waals surface area contributed by atoms with Crippen molar-refractivity contribution in [3.05, 3.63) is 136 Å². The molecule has 242 valence electrons. The molecule has 7 rings (SSSR count). The fraction of sp³-hybridized carbons (Fsp3) is 0.189. The van der Waals surface area contributed by atoms with Gasteiger partial charge in [0.15, 0.2) is 28.8 Å². The van der Waals surface area contributed by atoms with Crippen LogP contribution in [0.3, 0.4) is 0 Å². The van der Waals surface area contributed by atoms with Gasteiger partial charge in [0.2, 0.25) is 5.88 Å². The number of halogens is 2. The lowest BCUT2D eigenvalue weighted by atomic mass is 9.99. The lowest BCUT2D eigenvalue weighted by Gasteiger charge is -2.19. The first-order valence-corrected chi connectivity index (χ1v) is 15.5. The third-order valence-corrected chi connectivity index (χ3v) is 8.32. The van der Waals surface area contributed by atoms with Gasteiger partial charge in [-0.1, -0.05) is 36.4 Å². The molecule has 0 fully saturated rings. The summed E-state index contributed by atoms with van der Waals surface area (Å²) in [4.78, 5) is 35.7. The molecule has 0 spiro atoms. The second kappa shape index (κ2) is 13.1. The lowest BCUT2D eigenvalue weighted by molar-refractivity contribution is 0.0990. The van der Waals surface area contributed by atoms with Gasteiger partial charge in [-0.15, -0.1) is 0 Å². The normalized spacial score (nSPS) is 12.5. The van der Waals surface area contributed by atoms with Crippen molar-refractivity contribution in [3.63, 3.8) is 0 Å². The van der Waals surface area contributed by atoms with Gasteiger partial charge in [-0.05, 0) is 72.9 Å². The van der Waals surface area contributed by atoms with Gasteiger partial charge in [0.05, 0.1) is 29.4 Å². The van der Waals surface area contributed by atoms with Crippen LogP contribution in [-0.2, 0) is 26.0 Å². The van der Waals surface area contributed by atoms with Gasteiger partial charge in [0.1, 0.15) is 24.3 Å². The molecule has 11 heteroatoms. The summed E-state index contributed by atoms with van der Waals surface area (Å²) >= 11 is 0. The van der Waals surface area contributed by atoms with Crippen LogP contribution in [0.1, 0.15) is 40.0 Å². The molecule has 6 aromatic rings. The van der Waals surface area contributed by atoms with E-state index in [1.807, 2.05) is 30.3 Å². The average molecular weight is 649 g/mol. The van der Waals surface area contributed by atoms with Gasteiger partial charge >= 0.3 is 0 Å². The van der Waals surface area contributed by atoms with Gasteiger partial charge in [-0.2, -0.15) is 0 Å². The highest BCUT2D eigenvalue weighted by Crippen LogP contribution is 2.37. The summed E-state index contributed by atoms with van der Waals surface area (Å²) in [6, 6.07) is 22.9. The Morgan fingerprint density at radius 3 is 2.46 bits per heavy atom. The van der Waals surface area contributed by atoms with Crippen LogP contribution in [0, 0.1) is 11.6 Å². The number of carbonyl (C=O) groups excluding carboxylic acids is 1. The maximum absolute atomic E-state index is 15.4. The van der Waals surface area contributed by atoms with Crippen LogP contribution >= 0.6 is 0 Å². The molecule has 48 heavy (non-hydrogen) atoms. The highest BCUT2D eigenvalue weighted by Gasteiger charge is 2.28. The molecule has 2 aromatic heterocycles. The smallest absolute Gasteiger partial charge is 0.282 e. The molecular formula is C37H30F2N4O5. The summed E-state index contributed by atoms with van der Waals surface area (Å²) in [5.74, 6) is -0.629. The maximum Gasteiger partial charge on any atom is 0.282 e. The van der Waals surface area contributed by atoms with Crippen molar-refractivity contribution in [3.8, 4) is 28.8 Å². The summed E-state index contributed by atoms with van der Waals surface area (Å²) in [5, 5.41) is 0.482. The first kappa shape index (κ1) is 30.8. The van der Waals surface area contributed by atoms with E-state index in [-0.39, 0.29) is 23.6 Å². The van der Waals surface area contributed by atoms with Gasteiger partial charge in [0.25, 0.3) is 5.56 Å². The Hall–Kier alpha value is -5.84. The molecule has 1 aliphatic heterocycles. The number of ketones is 1. The molecule has 0 saturated carbocycles. The van der Waals surface area contributed by atoms with Crippen LogP contribution in [0.5, 0.6) is 23.1 Å². The highest BCUT2D eigenvalue weighted by molar-refractivity contribution is 5.98. The topological polar surface area (TPSA) is 97.5 Å². The van der Waals surface area contributed by atoms with Gasteiger partial charge in [-0.3, -0.25) is 14.3 Å². The molecule has 0 N–H and O–H groups in total. The van der Waals surface area contributed by atoms with E-state index in [0.717, 1.165) is 18.4 Å². The standard InChI is InChI=1S/C37H30F2N4O5/c1-46-33-19-27-29(20-34(33)47-21-23-7-3-2-4-8-23)40-22-41-36(27)48-32-15-10-24(17-28(32)39)18-31(44)35-30-9-5-6-16-42(30)43(37(35)45)26-13-11-25(38)12-14-26/h2-4,7-8,10-15,17,19-20,22H,5-6,9,16,18,21H2,1H3. The second-order valence-electron chi connectivity index (χ2n) is 11.4. The lowest BCUT2D eigenvalue weighted by Crippen LogP contribution is -2.24. The van der Waals surface area contributed by atoms with Crippen molar-refractivity contribution < 1.29 is 27.8 Å². The number of fused-ring (bicyclic) bond motifs is 2. The largest absolute Gasteiger partial charge is 0.493 e. The number of benzene rings is 4. The van der Waals surface area contributed by atoms with Gasteiger partial charge in [0, 0.05) is 19.0 Å².